The number of carbonyl (C=O) groups excluding carboxylic acids is 2. The van der Waals surface area contributed by atoms with E-state index >= 15 is 0 Å². The second kappa shape index (κ2) is 6.86. The highest BCUT2D eigenvalue weighted by Gasteiger charge is 2.28. The van der Waals surface area contributed by atoms with Gasteiger partial charge in [0.05, 0.1) is 0 Å². The summed E-state index contributed by atoms with van der Waals surface area (Å²) in [5.41, 5.74) is 4.79. The van der Waals surface area contributed by atoms with Crippen molar-refractivity contribution in [3.8, 4) is 0 Å². The molecule has 0 aliphatic carbocycles. The largest absolute Gasteiger partial charge is 0.310 e. The molecule has 3 nitrogen and oxygen atoms in total. The van der Waals surface area contributed by atoms with Crippen LogP contribution in [0.4, 0.5) is 0 Å². The van der Waals surface area contributed by atoms with E-state index in [9.17, 15) is 14.2 Å². The molecule has 0 bridgehead atoms. The lowest BCUT2D eigenvalue weighted by Gasteiger charge is -2.13. The van der Waals surface area contributed by atoms with Gasteiger partial charge in [-0.05, 0) is 74.9 Å². The Morgan fingerprint density at radius 2 is 0.917 bits per heavy atom. The Hall–Kier alpha value is -1.99. The molecule has 0 heterocycles. The van der Waals surface area contributed by atoms with Gasteiger partial charge in [0, 0.05) is 11.1 Å². The first-order valence-electron chi connectivity index (χ1n) is 7.93. The third-order valence-corrected chi connectivity index (χ3v) is 6.08. The zero-order valence-electron chi connectivity index (χ0n) is 15.0. The van der Waals surface area contributed by atoms with Crippen molar-refractivity contribution >= 4 is 18.8 Å². The van der Waals surface area contributed by atoms with Crippen molar-refractivity contribution in [1.82, 2.24) is 0 Å². The summed E-state index contributed by atoms with van der Waals surface area (Å²) in [6.45, 7) is 11.1. The highest BCUT2D eigenvalue weighted by molar-refractivity contribution is 7.80. The van der Waals surface area contributed by atoms with Crippen molar-refractivity contribution in [3.63, 3.8) is 0 Å². The molecule has 0 fully saturated rings. The minimum Gasteiger partial charge on any atom is -0.310 e. The Morgan fingerprint density at radius 1 is 0.625 bits per heavy atom. The molecule has 2 aromatic carbocycles. The summed E-state index contributed by atoms with van der Waals surface area (Å²) >= 11 is 0. The van der Waals surface area contributed by atoms with Gasteiger partial charge >= 0.3 is 0 Å². The molecular formula is C20H23O3P. The van der Waals surface area contributed by atoms with E-state index in [0.717, 1.165) is 33.4 Å². The summed E-state index contributed by atoms with van der Waals surface area (Å²) in [4.78, 5) is 25.5. The van der Waals surface area contributed by atoms with E-state index in [2.05, 4.69) is 0 Å². The summed E-state index contributed by atoms with van der Waals surface area (Å²) in [6.07, 6.45) is 0. The number of hydrogen-bond acceptors (Lipinski definition) is 3. The number of carbonyl (C=O) groups is 2. The molecule has 0 unspecified atom stereocenters. The lowest BCUT2D eigenvalue weighted by molar-refractivity contribution is 0.104. The summed E-state index contributed by atoms with van der Waals surface area (Å²) in [5, 5.41) is 0. The van der Waals surface area contributed by atoms with Crippen LogP contribution in [0, 0.1) is 41.5 Å². The van der Waals surface area contributed by atoms with Crippen LogP contribution in [0.3, 0.4) is 0 Å². The highest BCUT2D eigenvalue weighted by Crippen LogP contribution is 2.36. The number of hydrogen-bond donors (Lipinski definition) is 0. The first-order valence-corrected chi connectivity index (χ1v) is 9.34. The minimum absolute atomic E-state index is 0.426. The van der Waals surface area contributed by atoms with Gasteiger partial charge in [0.15, 0.2) is 0 Å². The van der Waals surface area contributed by atoms with E-state index in [-0.39, 0.29) is 0 Å². The van der Waals surface area contributed by atoms with Crippen LogP contribution in [-0.2, 0) is 4.57 Å². The Labute approximate surface area is 143 Å². The average Bonchev–Trinajstić information content (AvgIpc) is 2.54. The summed E-state index contributed by atoms with van der Waals surface area (Å²) < 4.78 is 12.8. The van der Waals surface area contributed by atoms with Gasteiger partial charge in [0.25, 0.3) is 0 Å². The van der Waals surface area contributed by atoms with Crippen molar-refractivity contribution in [2.24, 2.45) is 0 Å². The monoisotopic (exact) mass is 342 g/mol. The van der Waals surface area contributed by atoms with Gasteiger partial charge in [0.2, 0.25) is 18.8 Å². The zero-order valence-corrected chi connectivity index (χ0v) is 16.0. The van der Waals surface area contributed by atoms with Crippen LogP contribution >= 0.6 is 7.80 Å². The van der Waals surface area contributed by atoms with Crippen molar-refractivity contribution in [3.05, 3.63) is 68.8 Å². The molecule has 126 valence electrons. The fourth-order valence-corrected chi connectivity index (χ4v) is 4.36. The molecule has 0 saturated heterocycles. The second-order valence-electron chi connectivity index (χ2n) is 6.39. The zero-order chi connectivity index (χ0) is 18.2. The maximum Gasteiger partial charge on any atom is 0.226 e. The standard InChI is InChI=1S/C20H23O3P/c1-11-7-9-13(3)17(15(11)5)19(21)24(23)20(22)18-14(4)10-8-12(2)16(18)6/h7-10,24H,1-6H3. The molecule has 0 aliphatic rings. The number of benzene rings is 2. The van der Waals surface area contributed by atoms with E-state index in [0.29, 0.717) is 11.1 Å². The molecule has 0 aromatic heterocycles. The SMILES string of the molecule is Cc1ccc(C)c(C(=O)[PH](=O)C(=O)c2c(C)ccc(C)c2C)c1C. The Morgan fingerprint density at radius 3 is 1.25 bits per heavy atom. The van der Waals surface area contributed by atoms with Gasteiger partial charge < -0.3 is 4.57 Å². The molecule has 4 heteroatoms. The summed E-state index contributed by atoms with van der Waals surface area (Å²) in [6, 6.07) is 7.52. The highest BCUT2D eigenvalue weighted by atomic mass is 31.1. The third-order valence-electron chi connectivity index (χ3n) is 4.75. The van der Waals surface area contributed by atoms with Gasteiger partial charge in [0.1, 0.15) is 0 Å². The van der Waals surface area contributed by atoms with Crippen molar-refractivity contribution < 1.29 is 14.2 Å². The second-order valence-corrected chi connectivity index (χ2v) is 7.95. The number of rotatable bonds is 4. The van der Waals surface area contributed by atoms with Gasteiger partial charge in [-0.25, -0.2) is 0 Å². The molecule has 0 atom stereocenters. The molecule has 24 heavy (non-hydrogen) atoms. The van der Waals surface area contributed by atoms with Crippen LogP contribution in [-0.4, -0.2) is 11.0 Å². The minimum atomic E-state index is -3.10. The van der Waals surface area contributed by atoms with Gasteiger partial charge in [-0.1, -0.05) is 24.3 Å². The van der Waals surface area contributed by atoms with Crippen LogP contribution in [0.15, 0.2) is 24.3 Å². The number of aryl methyl sites for hydroxylation is 4. The Kier molecular flexibility index (Phi) is 5.25. The quantitative estimate of drug-likeness (QED) is 0.728. The first kappa shape index (κ1) is 18.4. The molecule has 0 N–H and O–H groups in total. The first-order chi connectivity index (χ1) is 11.2. The third kappa shape index (κ3) is 3.14. The van der Waals surface area contributed by atoms with E-state index in [4.69, 9.17) is 0 Å². The van der Waals surface area contributed by atoms with Gasteiger partial charge in [-0.3, -0.25) is 9.59 Å². The van der Waals surface area contributed by atoms with E-state index in [1.54, 1.807) is 0 Å². The van der Waals surface area contributed by atoms with Crippen molar-refractivity contribution in [2.45, 2.75) is 41.5 Å². The smallest absolute Gasteiger partial charge is 0.226 e. The fourth-order valence-electron chi connectivity index (χ4n) is 2.93. The maximum absolute atomic E-state index is 12.8. The van der Waals surface area contributed by atoms with Crippen molar-refractivity contribution in [2.75, 3.05) is 0 Å². The molecule has 0 spiro atoms. The van der Waals surface area contributed by atoms with E-state index in [1.165, 1.54) is 0 Å². The van der Waals surface area contributed by atoms with E-state index < -0.39 is 18.8 Å². The molecule has 0 amide bonds. The normalized spacial score (nSPS) is 11.0. The van der Waals surface area contributed by atoms with Crippen LogP contribution < -0.4 is 0 Å². The average molecular weight is 342 g/mol. The summed E-state index contributed by atoms with van der Waals surface area (Å²) in [7, 11) is -3.10. The topological polar surface area (TPSA) is 51.2 Å². The Balaban J connectivity index is 2.51. The Bertz CT molecular complexity index is 807. The molecule has 0 radical (unpaired) electrons. The predicted molar refractivity (Wildman–Crippen MR) is 99.0 cm³/mol. The molecule has 0 saturated carbocycles. The fraction of sp³-hybridized carbons (Fsp3) is 0.300. The van der Waals surface area contributed by atoms with Gasteiger partial charge in [-0.2, -0.15) is 0 Å². The predicted octanol–water partition coefficient (Wildman–Crippen LogP) is 5.08. The van der Waals surface area contributed by atoms with Crippen LogP contribution in [0.1, 0.15) is 54.1 Å². The molecule has 2 aromatic rings. The lowest BCUT2D eigenvalue weighted by atomic mass is 9.99. The van der Waals surface area contributed by atoms with E-state index in [1.807, 2.05) is 65.8 Å². The van der Waals surface area contributed by atoms with Crippen LogP contribution in [0.2, 0.25) is 0 Å². The molecule has 2 rings (SSSR count). The maximum atomic E-state index is 12.8. The lowest BCUT2D eigenvalue weighted by Crippen LogP contribution is -2.09. The van der Waals surface area contributed by atoms with Crippen molar-refractivity contribution in [1.29, 1.82) is 0 Å². The molecular weight excluding hydrogens is 319 g/mol. The van der Waals surface area contributed by atoms with Crippen LogP contribution in [0.25, 0.3) is 0 Å². The molecule has 0 aliphatic heterocycles. The van der Waals surface area contributed by atoms with Crippen LogP contribution in [0.5, 0.6) is 0 Å². The van der Waals surface area contributed by atoms with Gasteiger partial charge in [-0.15, -0.1) is 0 Å². The summed E-state index contributed by atoms with van der Waals surface area (Å²) in [5.74, 6) is 0.